The number of ether oxygens (including phenoxy) is 3. The number of fused-ring (bicyclic) bond motifs is 4. The summed E-state index contributed by atoms with van der Waals surface area (Å²) in [5.74, 6) is 3.00. The van der Waals surface area contributed by atoms with Gasteiger partial charge in [-0.25, -0.2) is 0 Å². The summed E-state index contributed by atoms with van der Waals surface area (Å²) in [5.41, 5.74) is 9.60. The minimum absolute atomic E-state index is 0.204. The van der Waals surface area contributed by atoms with Crippen molar-refractivity contribution in [2.75, 3.05) is 40.5 Å². The maximum Gasteiger partial charge on any atom is 0.119 e. The lowest BCUT2D eigenvalue weighted by Gasteiger charge is -2.26. The van der Waals surface area contributed by atoms with E-state index in [-0.39, 0.29) is 5.92 Å². The number of allylic oxidation sites excluding steroid dienone is 2. The molecular weight excluding hydrogens is 446 g/mol. The van der Waals surface area contributed by atoms with E-state index in [1.165, 1.54) is 71.3 Å². The molecule has 0 bridgehead atoms. The van der Waals surface area contributed by atoms with E-state index in [2.05, 4.69) is 65.6 Å². The Balaban J connectivity index is 1.30. The minimum atomic E-state index is 0.204. The first-order valence-corrected chi connectivity index (χ1v) is 13.3. The van der Waals surface area contributed by atoms with Gasteiger partial charge < -0.3 is 14.2 Å². The van der Waals surface area contributed by atoms with Gasteiger partial charge in [-0.1, -0.05) is 30.7 Å². The van der Waals surface area contributed by atoms with Gasteiger partial charge in [-0.05, 0) is 114 Å². The number of methoxy groups -OCH3 is 2. The molecule has 0 saturated carbocycles. The van der Waals surface area contributed by atoms with Crippen LogP contribution in [0.5, 0.6) is 17.2 Å². The molecule has 4 nitrogen and oxygen atoms in total. The second-order valence-corrected chi connectivity index (χ2v) is 10.1. The summed E-state index contributed by atoms with van der Waals surface area (Å²) in [6, 6.07) is 21.9. The molecule has 6 rings (SSSR count). The van der Waals surface area contributed by atoms with Crippen molar-refractivity contribution in [3.63, 3.8) is 0 Å². The van der Waals surface area contributed by atoms with Crippen molar-refractivity contribution >= 4 is 11.1 Å². The van der Waals surface area contributed by atoms with Crippen LogP contribution in [0.15, 0.2) is 60.7 Å². The van der Waals surface area contributed by atoms with Crippen LogP contribution in [0.3, 0.4) is 0 Å². The van der Waals surface area contributed by atoms with Gasteiger partial charge in [-0.15, -0.1) is 0 Å². The Hall–Kier alpha value is -3.24. The highest BCUT2D eigenvalue weighted by Gasteiger charge is 2.36. The molecule has 3 aliphatic rings. The second kappa shape index (κ2) is 10.0. The monoisotopic (exact) mass is 481 g/mol. The van der Waals surface area contributed by atoms with Crippen molar-refractivity contribution in [2.24, 2.45) is 0 Å². The predicted molar refractivity (Wildman–Crippen MR) is 145 cm³/mol. The van der Waals surface area contributed by atoms with E-state index in [1.807, 2.05) is 0 Å². The molecule has 1 aliphatic heterocycles. The number of nitrogens with zero attached hydrogens (tertiary/aromatic N) is 1. The highest BCUT2D eigenvalue weighted by atomic mass is 16.5. The molecule has 1 heterocycles. The summed E-state index contributed by atoms with van der Waals surface area (Å²) in [6.07, 6.45) is 6.06. The Morgan fingerprint density at radius 3 is 2.25 bits per heavy atom. The van der Waals surface area contributed by atoms with Crippen LogP contribution in [0.4, 0.5) is 0 Å². The van der Waals surface area contributed by atoms with E-state index in [0.29, 0.717) is 0 Å². The Morgan fingerprint density at radius 1 is 0.750 bits per heavy atom. The Labute approximate surface area is 214 Å². The van der Waals surface area contributed by atoms with Crippen molar-refractivity contribution in [2.45, 2.75) is 38.0 Å². The minimum Gasteiger partial charge on any atom is -0.497 e. The van der Waals surface area contributed by atoms with Crippen LogP contribution in [0.2, 0.25) is 0 Å². The van der Waals surface area contributed by atoms with Gasteiger partial charge in [0.1, 0.15) is 23.9 Å². The maximum absolute atomic E-state index is 6.13. The third-order valence-electron chi connectivity index (χ3n) is 8.10. The van der Waals surface area contributed by atoms with Crippen molar-refractivity contribution in [1.29, 1.82) is 0 Å². The summed E-state index contributed by atoms with van der Waals surface area (Å²) in [6.45, 7) is 4.17. The molecule has 186 valence electrons. The van der Waals surface area contributed by atoms with E-state index in [0.717, 1.165) is 43.2 Å². The lowest BCUT2D eigenvalue weighted by Crippen LogP contribution is -2.33. The molecule has 3 aromatic rings. The van der Waals surface area contributed by atoms with Crippen molar-refractivity contribution in [1.82, 2.24) is 4.90 Å². The summed E-state index contributed by atoms with van der Waals surface area (Å²) < 4.78 is 17.3. The fourth-order valence-electron chi connectivity index (χ4n) is 6.24. The van der Waals surface area contributed by atoms with Gasteiger partial charge in [0.05, 0.1) is 14.2 Å². The van der Waals surface area contributed by atoms with Gasteiger partial charge in [-0.3, -0.25) is 4.90 Å². The molecule has 2 aliphatic carbocycles. The van der Waals surface area contributed by atoms with E-state index in [1.54, 1.807) is 14.2 Å². The van der Waals surface area contributed by atoms with Gasteiger partial charge in [0.15, 0.2) is 0 Å². The smallest absolute Gasteiger partial charge is 0.119 e. The van der Waals surface area contributed by atoms with Crippen LogP contribution in [0, 0.1) is 0 Å². The van der Waals surface area contributed by atoms with E-state index < -0.39 is 0 Å². The summed E-state index contributed by atoms with van der Waals surface area (Å²) >= 11 is 0. The number of likely N-dealkylation sites (tertiary alicyclic amines) is 1. The van der Waals surface area contributed by atoms with Gasteiger partial charge in [0.2, 0.25) is 0 Å². The third kappa shape index (κ3) is 4.28. The van der Waals surface area contributed by atoms with E-state index in [9.17, 15) is 0 Å². The first kappa shape index (κ1) is 23.2. The molecule has 0 aromatic heterocycles. The number of benzene rings is 3. The van der Waals surface area contributed by atoms with Crippen molar-refractivity contribution < 1.29 is 14.2 Å². The van der Waals surface area contributed by atoms with Crippen LogP contribution in [0.25, 0.3) is 11.1 Å². The molecular formula is C32H35NO3. The Morgan fingerprint density at radius 2 is 1.47 bits per heavy atom. The van der Waals surface area contributed by atoms with Crippen LogP contribution in [0.1, 0.15) is 59.4 Å². The van der Waals surface area contributed by atoms with Gasteiger partial charge in [0.25, 0.3) is 0 Å². The zero-order valence-corrected chi connectivity index (χ0v) is 21.4. The molecule has 1 unspecified atom stereocenters. The highest BCUT2D eigenvalue weighted by Crippen LogP contribution is 2.55. The van der Waals surface area contributed by atoms with Crippen LogP contribution >= 0.6 is 0 Å². The highest BCUT2D eigenvalue weighted by molar-refractivity contribution is 6.03. The van der Waals surface area contributed by atoms with Gasteiger partial charge >= 0.3 is 0 Å². The fraction of sp³-hybridized carbons (Fsp3) is 0.375. The molecule has 1 atom stereocenters. The molecule has 4 heteroatoms. The second-order valence-electron chi connectivity index (χ2n) is 10.1. The number of piperidine rings is 1. The molecule has 1 saturated heterocycles. The van der Waals surface area contributed by atoms with E-state index in [4.69, 9.17) is 14.2 Å². The number of rotatable bonds is 7. The van der Waals surface area contributed by atoms with Crippen molar-refractivity contribution in [3.8, 4) is 17.2 Å². The lowest BCUT2D eigenvalue weighted by atomic mass is 9.79. The van der Waals surface area contributed by atoms with Crippen molar-refractivity contribution in [3.05, 3.63) is 88.5 Å². The van der Waals surface area contributed by atoms with Gasteiger partial charge in [-0.2, -0.15) is 0 Å². The molecule has 0 amide bonds. The first-order chi connectivity index (χ1) is 17.7. The number of hydrogen-bond acceptors (Lipinski definition) is 4. The zero-order valence-electron chi connectivity index (χ0n) is 21.4. The standard InChI is InChI=1S/C32H35NO3/c1-34-25-11-14-27-23(20-25)8-13-29-30-21-26(35-2)12-15-28(30)31(32(27)29)22-6-9-24(10-7-22)36-19-18-33-16-4-3-5-17-33/h6-7,9-12,14-15,20-21,31H,3-5,8,13,16-19H2,1-2H3. The molecule has 0 spiro atoms. The maximum atomic E-state index is 6.13. The summed E-state index contributed by atoms with van der Waals surface area (Å²) in [5, 5.41) is 0. The molecule has 0 radical (unpaired) electrons. The fourth-order valence-corrected chi connectivity index (χ4v) is 6.24. The van der Waals surface area contributed by atoms with E-state index >= 15 is 0 Å². The van der Waals surface area contributed by atoms with Gasteiger partial charge in [0, 0.05) is 12.5 Å². The number of hydrogen-bond donors (Lipinski definition) is 0. The average Bonchev–Trinajstić information content (AvgIpc) is 3.27. The average molecular weight is 482 g/mol. The molecule has 1 fully saturated rings. The molecule has 3 aromatic carbocycles. The molecule has 36 heavy (non-hydrogen) atoms. The predicted octanol–water partition coefficient (Wildman–Crippen LogP) is 6.57. The lowest BCUT2D eigenvalue weighted by molar-refractivity contribution is 0.183. The Bertz CT molecular complexity index is 1270. The van der Waals surface area contributed by atoms with Crippen LogP contribution in [-0.4, -0.2) is 45.4 Å². The Kier molecular flexibility index (Phi) is 6.45. The molecule has 0 N–H and O–H groups in total. The topological polar surface area (TPSA) is 30.9 Å². The van der Waals surface area contributed by atoms with Crippen LogP contribution in [-0.2, 0) is 6.42 Å². The largest absolute Gasteiger partial charge is 0.497 e. The summed E-state index contributed by atoms with van der Waals surface area (Å²) in [7, 11) is 3.49. The quantitative estimate of drug-likeness (QED) is 0.382. The normalized spacial score (nSPS) is 18.9. The zero-order chi connectivity index (χ0) is 24.5. The first-order valence-electron chi connectivity index (χ1n) is 13.3. The number of aryl methyl sites for hydroxylation is 1. The summed E-state index contributed by atoms with van der Waals surface area (Å²) in [4.78, 5) is 2.52. The van der Waals surface area contributed by atoms with Crippen LogP contribution < -0.4 is 14.2 Å². The third-order valence-corrected chi connectivity index (χ3v) is 8.10. The SMILES string of the molecule is COc1ccc2c(c1)CCC1=C2C(c2ccc(OCCN3CCCCC3)cc2)c2ccc(OC)cc21.